The second-order valence-corrected chi connectivity index (χ2v) is 7.77. The van der Waals surface area contributed by atoms with Crippen molar-refractivity contribution in [1.29, 1.82) is 0 Å². The van der Waals surface area contributed by atoms with Gasteiger partial charge >= 0.3 is 6.18 Å². The van der Waals surface area contributed by atoms with Crippen molar-refractivity contribution in [1.82, 2.24) is 20.0 Å². The highest BCUT2D eigenvalue weighted by Crippen LogP contribution is 2.26. The summed E-state index contributed by atoms with van der Waals surface area (Å²) in [5, 5.41) is 7.45. The largest absolute Gasteiger partial charge is 0.390 e. The number of hydrogen-bond acceptors (Lipinski definition) is 6. The van der Waals surface area contributed by atoms with Crippen molar-refractivity contribution in [2.45, 2.75) is 32.4 Å². The molecule has 1 aliphatic rings. The third kappa shape index (κ3) is 5.38. The van der Waals surface area contributed by atoms with Gasteiger partial charge in [0.05, 0.1) is 17.6 Å². The molecule has 0 unspecified atom stereocenters. The summed E-state index contributed by atoms with van der Waals surface area (Å²) in [6.07, 6.45) is -2.34. The number of likely N-dealkylation sites (tertiary alicyclic amines) is 1. The van der Waals surface area contributed by atoms with Crippen molar-refractivity contribution in [3.8, 4) is 11.3 Å². The van der Waals surface area contributed by atoms with E-state index in [4.69, 9.17) is 4.52 Å². The van der Waals surface area contributed by atoms with Gasteiger partial charge < -0.3 is 9.42 Å². The summed E-state index contributed by atoms with van der Waals surface area (Å²) < 4.78 is 42.4. The number of alkyl halides is 3. The number of halogens is 3. The zero-order chi connectivity index (χ0) is 22.0. The van der Waals surface area contributed by atoms with E-state index in [0.717, 1.165) is 16.6 Å². The third-order valence-electron chi connectivity index (χ3n) is 5.40. The van der Waals surface area contributed by atoms with Crippen molar-refractivity contribution in [3.05, 3.63) is 36.2 Å². The quantitative estimate of drug-likeness (QED) is 0.649. The molecule has 0 aliphatic carbocycles. The highest BCUT2D eigenvalue weighted by atomic mass is 19.4. The van der Waals surface area contributed by atoms with Crippen LogP contribution in [0.1, 0.15) is 25.0 Å². The maximum Gasteiger partial charge on any atom is 0.390 e. The number of anilines is 1. The molecule has 0 spiro atoms. The first-order valence-electron chi connectivity index (χ1n) is 10.1. The number of aromatic nitrogens is 3. The minimum Gasteiger partial charge on any atom is -0.356 e. The van der Waals surface area contributed by atoms with Crippen molar-refractivity contribution < 1.29 is 22.5 Å². The Labute approximate surface area is 176 Å². The van der Waals surface area contributed by atoms with E-state index in [2.05, 4.69) is 20.4 Å². The van der Waals surface area contributed by atoms with Crippen LogP contribution in [0.5, 0.6) is 0 Å². The first-order valence-corrected chi connectivity index (χ1v) is 10.1. The number of fused-ring (bicyclic) bond motifs is 1. The van der Waals surface area contributed by atoms with Crippen LogP contribution < -0.4 is 5.32 Å². The van der Waals surface area contributed by atoms with Crippen molar-refractivity contribution >= 4 is 22.8 Å². The van der Waals surface area contributed by atoms with E-state index in [9.17, 15) is 18.0 Å². The maximum atomic E-state index is 12.6. The number of nitrogens with zero attached hydrogens (tertiary/aromatic N) is 4. The molecule has 0 saturated carbocycles. The summed E-state index contributed by atoms with van der Waals surface area (Å²) in [4.78, 5) is 23.0. The van der Waals surface area contributed by atoms with Gasteiger partial charge in [-0.3, -0.25) is 10.1 Å². The number of hydrogen-bond donors (Lipinski definition) is 1. The van der Waals surface area contributed by atoms with E-state index < -0.39 is 12.6 Å². The molecule has 4 rings (SSSR count). The van der Waals surface area contributed by atoms with E-state index in [-0.39, 0.29) is 24.3 Å². The Morgan fingerprint density at radius 1 is 1.26 bits per heavy atom. The molecule has 0 radical (unpaired) electrons. The van der Waals surface area contributed by atoms with Crippen LogP contribution in [-0.2, 0) is 4.79 Å². The van der Waals surface area contributed by atoms with Gasteiger partial charge in [0.1, 0.15) is 0 Å². The molecule has 3 heterocycles. The van der Waals surface area contributed by atoms with E-state index in [1.807, 2.05) is 31.2 Å². The molecular weight excluding hydrogens is 411 g/mol. The Bertz CT molecular complexity index is 1070. The predicted octanol–water partition coefficient (Wildman–Crippen LogP) is 4.20. The number of rotatable bonds is 5. The number of aryl methyl sites for hydroxylation is 1. The molecule has 1 aliphatic heterocycles. The summed E-state index contributed by atoms with van der Waals surface area (Å²) >= 11 is 0. The first kappa shape index (κ1) is 21.2. The van der Waals surface area contributed by atoms with Crippen LogP contribution in [-0.4, -0.2) is 51.7 Å². The molecular formula is C21H22F3N5O2. The number of carbonyl (C=O) groups excluding carboxylic acids is 1. The molecule has 164 valence electrons. The molecule has 2 aromatic heterocycles. The van der Waals surface area contributed by atoms with Crippen LogP contribution in [0, 0.1) is 12.8 Å². The molecule has 3 aromatic rings. The van der Waals surface area contributed by atoms with Crippen LogP contribution in [0.3, 0.4) is 0 Å². The van der Waals surface area contributed by atoms with E-state index in [1.165, 1.54) is 0 Å². The topological polar surface area (TPSA) is 84.2 Å². The molecule has 7 nitrogen and oxygen atoms in total. The SMILES string of the molecule is Cc1cc(-c2ccc3cnc(NC(=O)C4CCN(CCC(F)(F)F)CC4)nc3c2)on1. The molecule has 31 heavy (non-hydrogen) atoms. The third-order valence-corrected chi connectivity index (χ3v) is 5.40. The Hall–Kier alpha value is -3.01. The van der Waals surface area contributed by atoms with Crippen LogP contribution >= 0.6 is 0 Å². The van der Waals surface area contributed by atoms with Crippen molar-refractivity contribution in [2.24, 2.45) is 5.92 Å². The smallest absolute Gasteiger partial charge is 0.356 e. The molecule has 1 N–H and O–H groups in total. The van der Waals surface area contributed by atoms with Gasteiger partial charge in [0.15, 0.2) is 5.76 Å². The molecule has 0 atom stereocenters. The highest BCUT2D eigenvalue weighted by Gasteiger charge is 2.30. The number of piperidine rings is 1. The lowest BCUT2D eigenvalue weighted by Gasteiger charge is -2.31. The fourth-order valence-corrected chi connectivity index (χ4v) is 3.65. The van der Waals surface area contributed by atoms with Gasteiger partial charge in [0.2, 0.25) is 11.9 Å². The summed E-state index contributed by atoms with van der Waals surface area (Å²) in [6.45, 7) is 2.74. The van der Waals surface area contributed by atoms with Crippen LogP contribution in [0.2, 0.25) is 0 Å². The fourth-order valence-electron chi connectivity index (χ4n) is 3.65. The molecule has 1 aromatic carbocycles. The first-order chi connectivity index (χ1) is 14.8. The average molecular weight is 433 g/mol. The summed E-state index contributed by atoms with van der Waals surface area (Å²) in [6, 6.07) is 7.42. The fraction of sp³-hybridized carbons (Fsp3) is 0.429. The summed E-state index contributed by atoms with van der Waals surface area (Å²) in [5.41, 5.74) is 2.24. The van der Waals surface area contributed by atoms with Gasteiger partial charge in [-0.05, 0) is 38.9 Å². The lowest BCUT2D eigenvalue weighted by atomic mass is 9.96. The molecule has 1 saturated heterocycles. The summed E-state index contributed by atoms with van der Waals surface area (Å²) in [5.74, 6) is 0.338. The summed E-state index contributed by atoms with van der Waals surface area (Å²) in [7, 11) is 0. The molecule has 1 fully saturated rings. The maximum absolute atomic E-state index is 12.6. The molecule has 10 heteroatoms. The van der Waals surface area contributed by atoms with Gasteiger partial charge in [-0.2, -0.15) is 13.2 Å². The monoisotopic (exact) mass is 433 g/mol. The van der Waals surface area contributed by atoms with Gasteiger partial charge in [-0.15, -0.1) is 0 Å². The van der Waals surface area contributed by atoms with Crippen LogP contribution in [0.25, 0.3) is 22.2 Å². The Balaban J connectivity index is 1.38. The molecule has 0 bridgehead atoms. The lowest BCUT2D eigenvalue weighted by Crippen LogP contribution is -2.39. The second kappa shape index (κ2) is 8.62. The Morgan fingerprint density at radius 2 is 2.03 bits per heavy atom. The zero-order valence-corrected chi connectivity index (χ0v) is 16.9. The van der Waals surface area contributed by atoms with Gasteiger partial charge in [-0.25, -0.2) is 9.97 Å². The van der Waals surface area contributed by atoms with Crippen molar-refractivity contribution in [3.63, 3.8) is 0 Å². The Kier molecular flexibility index (Phi) is 5.90. The predicted molar refractivity (Wildman–Crippen MR) is 108 cm³/mol. The number of amides is 1. The number of carbonyl (C=O) groups is 1. The van der Waals surface area contributed by atoms with Gasteiger partial charge in [0, 0.05) is 35.7 Å². The van der Waals surface area contributed by atoms with Crippen LogP contribution in [0.4, 0.5) is 19.1 Å². The Morgan fingerprint density at radius 3 is 2.71 bits per heavy atom. The van der Waals surface area contributed by atoms with Crippen molar-refractivity contribution in [2.75, 3.05) is 25.0 Å². The minimum absolute atomic E-state index is 0.0291. The van der Waals surface area contributed by atoms with E-state index in [1.54, 1.807) is 11.1 Å². The van der Waals surface area contributed by atoms with Gasteiger partial charge in [0.25, 0.3) is 0 Å². The van der Waals surface area contributed by atoms with Crippen LogP contribution in [0.15, 0.2) is 35.0 Å². The number of benzene rings is 1. The highest BCUT2D eigenvalue weighted by molar-refractivity contribution is 5.92. The zero-order valence-electron chi connectivity index (χ0n) is 16.9. The average Bonchev–Trinajstić information content (AvgIpc) is 3.18. The molecule has 1 amide bonds. The second-order valence-electron chi connectivity index (χ2n) is 7.77. The van der Waals surface area contributed by atoms with E-state index in [0.29, 0.717) is 37.2 Å². The number of nitrogens with one attached hydrogen (secondary N) is 1. The van der Waals surface area contributed by atoms with Gasteiger partial charge in [-0.1, -0.05) is 17.3 Å². The normalized spacial score (nSPS) is 16.0. The lowest BCUT2D eigenvalue weighted by molar-refractivity contribution is -0.139. The minimum atomic E-state index is -4.16. The van der Waals surface area contributed by atoms with E-state index >= 15 is 0 Å². The standard InChI is InChI=1S/C21H22F3N5O2/c1-13-10-18(31-28-13)15-2-3-16-12-25-20(26-17(16)11-15)27-19(30)14-4-7-29(8-5-14)9-6-21(22,23)24/h2-3,10-12,14H,4-9H2,1H3,(H,25,26,27,30).